The summed E-state index contributed by atoms with van der Waals surface area (Å²) in [5.41, 5.74) is 0.407. The number of rotatable bonds is 4. The molecule has 1 N–H and O–H groups in total. The molecule has 0 spiro atoms. The number of nitrogens with one attached hydrogen (secondary N) is 1. The van der Waals surface area contributed by atoms with E-state index in [0.717, 1.165) is 6.54 Å². The van der Waals surface area contributed by atoms with Gasteiger partial charge in [0.25, 0.3) is 5.91 Å². The van der Waals surface area contributed by atoms with Crippen molar-refractivity contribution in [2.24, 2.45) is 5.92 Å². The Morgan fingerprint density at radius 1 is 1.67 bits per heavy atom. The number of aromatic nitrogens is 3. The van der Waals surface area contributed by atoms with E-state index in [1.54, 1.807) is 0 Å². The topological polar surface area (TPSA) is 61.9 Å². The van der Waals surface area contributed by atoms with E-state index in [-0.39, 0.29) is 11.9 Å². The van der Waals surface area contributed by atoms with Gasteiger partial charge < -0.3 is 4.90 Å². The molecule has 5 heteroatoms. The molecule has 1 fully saturated rings. The standard InChI is InChI=1S/C10H16N4O/c1-7(2)14(6-8-3-4-8)10(15)9-5-11-13-12-9/h5,7-8H,3-4,6H2,1-2H3,(H,11,12,13). The van der Waals surface area contributed by atoms with E-state index in [0.29, 0.717) is 11.6 Å². The van der Waals surface area contributed by atoms with Crippen LogP contribution in [0.1, 0.15) is 37.2 Å². The molecular formula is C10H16N4O. The zero-order chi connectivity index (χ0) is 10.8. The number of amides is 1. The van der Waals surface area contributed by atoms with E-state index in [1.807, 2.05) is 18.7 Å². The summed E-state index contributed by atoms with van der Waals surface area (Å²) in [5, 5.41) is 9.94. The third-order valence-corrected chi connectivity index (χ3v) is 2.67. The summed E-state index contributed by atoms with van der Waals surface area (Å²) in [6.07, 6.45) is 3.97. The molecule has 1 heterocycles. The minimum Gasteiger partial charge on any atom is -0.334 e. The van der Waals surface area contributed by atoms with E-state index < -0.39 is 0 Å². The summed E-state index contributed by atoms with van der Waals surface area (Å²) in [4.78, 5) is 13.9. The zero-order valence-corrected chi connectivity index (χ0v) is 9.10. The first-order valence-electron chi connectivity index (χ1n) is 5.35. The lowest BCUT2D eigenvalue weighted by atomic mass is 10.2. The van der Waals surface area contributed by atoms with Crippen molar-refractivity contribution >= 4 is 5.91 Å². The van der Waals surface area contributed by atoms with Crippen molar-refractivity contribution in [3.63, 3.8) is 0 Å². The van der Waals surface area contributed by atoms with Crippen LogP contribution in [0, 0.1) is 5.92 Å². The molecule has 1 saturated carbocycles. The van der Waals surface area contributed by atoms with Crippen LogP contribution in [0.2, 0.25) is 0 Å². The summed E-state index contributed by atoms with van der Waals surface area (Å²) in [7, 11) is 0. The Morgan fingerprint density at radius 2 is 2.40 bits per heavy atom. The minimum atomic E-state index is -0.0225. The number of carbonyl (C=O) groups excluding carboxylic acids is 1. The van der Waals surface area contributed by atoms with Gasteiger partial charge in [-0.15, -0.1) is 0 Å². The largest absolute Gasteiger partial charge is 0.334 e. The van der Waals surface area contributed by atoms with Gasteiger partial charge >= 0.3 is 0 Å². The number of hydrogen-bond donors (Lipinski definition) is 1. The first-order chi connectivity index (χ1) is 7.18. The second-order valence-electron chi connectivity index (χ2n) is 4.35. The lowest BCUT2D eigenvalue weighted by molar-refractivity contribution is 0.0690. The van der Waals surface area contributed by atoms with Gasteiger partial charge in [0.2, 0.25) is 0 Å². The highest BCUT2D eigenvalue weighted by atomic mass is 16.2. The van der Waals surface area contributed by atoms with Crippen molar-refractivity contribution in [3.05, 3.63) is 11.9 Å². The summed E-state index contributed by atoms with van der Waals surface area (Å²) >= 11 is 0. The van der Waals surface area contributed by atoms with Crippen LogP contribution in [0.4, 0.5) is 0 Å². The van der Waals surface area contributed by atoms with Crippen molar-refractivity contribution in [2.75, 3.05) is 6.54 Å². The van der Waals surface area contributed by atoms with Crippen molar-refractivity contribution in [1.82, 2.24) is 20.3 Å². The van der Waals surface area contributed by atoms with Crippen LogP contribution in [0.25, 0.3) is 0 Å². The average Bonchev–Trinajstić information content (AvgIpc) is 2.84. The molecule has 0 radical (unpaired) electrons. The molecule has 15 heavy (non-hydrogen) atoms. The summed E-state index contributed by atoms with van der Waals surface area (Å²) in [5.74, 6) is 0.675. The Kier molecular flexibility index (Phi) is 2.70. The number of H-pyrrole nitrogens is 1. The van der Waals surface area contributed by atoms with Crippen LogP contribution < -0.4 is 0 Å². The molecule has 1 aliphatic rings. The molecule has 5 nitrogen and oxygen atoms in total. The highest BCUT2D eigenvalue weighted by Gasteiger charge is 2.29. The van der Waals surface area contributed by atoms with Crippen molar-refractivity contribution < 1.29 is 4.79 Å². The van der Waals surface area contributed by atoms with E-state index >= 15 is 0 Å². The number of aromatic amines is 1. The lowest BCUT2D eigenvalue weighted by Crippen LogP contribution is -2.38. The highest BCUT2D eigenvalue weighted by molar-refractivity contribution is 5.92. The maximum atomic E-state index is 12.0. The molecule has 1 aromatic heterocycles. The van der Waals surface area contributed by atoms with Gasteiger partial charge in [-0.3, -0.25) is 4.79 Å². The van der Waals surface area contributed by atoms with Crippen LogP contribution in [-0.2, 0) is 0 Å². The molecule has 1 amide bonds. The van der Waals surface area contributed by atoms with Crippen molar-refractivity contribution in [2.45, 2.75) is 32.7 Å². The maximum absolute atomic E-state index is 12.0. The molecule has 0 bridgehead atoms. The van der Waals surface area contributed by atoms with Crippen LogP contribution in [0.15, 0.2) is 6.20 Å². The Balaban J connectivity index is 2.06. The molecule has 1 aliphatic carbocycles. The van der Waals surface area contributed by atoms with Crippen molar-refractivity contribution in [1.29, 1.82) is 0 Å². The minimum absolute atomic E-state index is 0.0225. The van der Waals surface area contributed by atoms with Gasteiger partial charge in [-0.25, -0.2) is 0 Å². The molecule has 0 atom stereocenters. The van der Waals surface area contributed by atoms with E-state index in [4.69, 9.17) is 0 Å². The molecule has 2 rings (SSSR count). The van der Waals surface area contributed by atoms with Gasteiger partial charge in [-0.05, 0) is 32.6 Å². The second kappa shape index (κ2) is 4.00. The first kappa shape index (κ1) is 10.1. The number of hydrogen-bond acceptors (Lipinski definition) is 3. The van der Waals surface area contributed by atoms with Gasteiger partial charge in [-0.2, -0.15) is 15.4 Å². The zero-order valence-electron chi connectivity index (χ0n) is 9.10. The molecule has 82 valence electrons. The van der Waals surface area contributed by atoms with Gasteiger partial charge in [0.1, 0.15) is 0 Å². The Morgan fingerprint density at radius 3 is 2.87 bits per heavy atom. The Labute approximate surface area is 88.9 Å². The average molecular weight is 208 g/mol. The third-order valence-electron chi connectivity index (χ3n) is 2.67. The molecular weight excluding hydrogens is 192 g/mol. The van der Waals surface area contributed by atoms with Crippen molar-refractivity contribution in [3.8, 4) is 0 Å². The Bertz CT molecular complexity index is 329. The van der Waals surface area contributed by atoms with E-state index in [2.05, 4.69) is 15.4 Å². The fourth-order valence-electron chi connectivity index (χ4n) is 1.56. The molecule has 0 aromatic carbocycles. The van der Waals surface area contributed by atoms with Gasteiger partial charge in [0, 0.05) is 12.6 Å². The number of carbonyl (C=O) groups is 1. The molecule has 0 unspecified atom stereocenters. The summed E-state index contributed by atoms with van der Waals surface area (Å²) in [6, 6.07) is 0.217. The second-order valence-corrected chi connectivity index (χ2v) is 4.35. The third kappa shape index (κ3) is 2.34. The van der Waals surface area contributed by atoms with E-state index in [1.165, 1.54) is 19.0 Å². The quantitative estimate of drug-likeness (QED) is 0.805. The van der Waals surface area contributed by atoms with Crippen LogP contribution in [0.3, 0.4) is 0 Å². The maximum Gasteiger partial charge on any atom is 0.276 e. The van der Waals surface area contributed by atoms with Crippen LogP contribution in [-0.4, -0.2) is 38.8 Å². The lowest BCUT2D eigenvalue weighted by Gasteiger charge is -2.25. The first-order valence-corrected chi connectivity index (χ1v) is 5.35. The van der Waals surface area contributed by atoms with Crippen LogP contribution >= 0.6 is 0 Å². The molecule has 0 aliphatic heterocycles. The number of nitrogens with zero attached hydrogens (tertiary/aromatic N) is 3. The molecule has 0 saturated heterocycles. The van der Waals surface area contributed by atoms with Gasteiger partial charge in [-0.1, -0.05) is 0 Å². The predicted octanol–water partition coefficient (Wildman–Crippen LogP) is 1.07. The fourth-order valence-corrected chi connectivity index (χ4v) is 1.56. The summed E-state index contributed by atoms with van der Waals surface area (Å²) in [6.45, 7) is 4.91. The van der Waals surface area contributed by atoms with Gasteiger partial charge in [0.05, 0.1) is 6.20 Å². The highest BCUT2D eigenvalue weighted by Crippen LogP contribution is 2.30. The fraction of sp³-hybridized carbons (Fsp3) is 0.700. The Hall–Kier alpha value is -1.39. The summed E-state index contributed by atoms with van der Waals surface area (Å²) < 4.78 is 0. The van der Waals surface area contributed by atoms with E-state index in [9.17, 15) is 4.79 Å². The predicted molar refractivity (Wildman–Crippen MR) is 55.3 cm³/mol. The van der Waals surface area contributed by atoms with Crippen LogP contribution in [0.5, 0.6) is 0 Å². The monoisotopic (exact) mass is 208 g/mol. The smallest absolute Gasteiger partial charge is 0.276 e. The SMILES string of the molecule is CC(C)N(CC1CC1)C(=O)c1cn[nH]n1. The normalized spacial score (nSPS) is 15.7. The van der Waals surface area contributed by atoms with Gasteiger partial charge in [0.15, 0.2) is 5.69 Å². The molecule has 1 aromatic rings.